The van der Waals surface area contributed by atoms with Gasteiger partial charge in [0.2, 0.25) is 0 Å². The Balaban J connectivity index is 1.55. The van der Waals surface area contributed by atoms with Crippen molar-refractivity contribution in [3.63, 3.8) is 0 Å². The van der Waals surface area contributed by atoms with Crippen molar-refractivity contribution in [2.24, 2.45) is 4.99 Å². The van der Waals surface area contributed by atoms with Crippen LogP contribution in [0.2, 0.25) is 0 Å². The van der Waals surface area contributed by atoms with Crippen LogP contribution in [0, 0.1) is 0 Å². The molecule has 0 aliphatic carbocycles. The second-order valence-corrected chi connectivity index (χ2v) is 9.64. The Morgan fingerprint density at radius 1 is 1.00 bits per heavy atom. The number of hydrogen-bond donors (Lipinski definition) is 0. The number of rotatable bonds is 5. The predicted molar refractivity (Wildman–Crippen MR) is 135 cm³/mol. The third-order valence-corrected chi connectivity index (χ3v) is 7.91. The molecule has 2 aliphatic rings. The normalized spacial score (nSPS) is 19.4. The molecule has 2 aromatic carbocycles. The molecule has 1 amide bonds. The summed E-state index contributed by atoms with van der Waals surface area (Å²) in [4.78, 5) is 28.9. The molecule has 5 rings (SSSR count). The lowest BCUT2D eigenvalue weighted by atomic mass is 10.2. The minimum absolute atomic E-state index is 0.0541. The van der Waals surface area contributed by atoms with Crippen LogP contribution in [-0.2, 0) is 4.79 Å². The van der Waals surface area contributed by atoms with Crippen LogP contribution in [0.4, 0.5) is 11.4 Å². The number of unbranched alkanes of at least 4 members (excludes halogenated alkanes) is 1. The number of nitrogens with zero attached hydrogens (tertiary/aromatic N) is 4. The van der Waals surface area contributed by atoms with Gasteiger partial charge in [-0.1, -0.05) is 43.3 Å². The number of thioether (sulfide) groups is 2. The molecule has 0 N–H and O–H groups in total. The number of amidine groups is 1. The van der Waals surface area contributed by atoms with Crippen LogP contribution in [0.3, 0.4) is 0 Å². The van der Waals surface area contributed by atoms with Crippen molar-refractivity contribution in [2.45, 2.75) is 31.6 Å². The number of amides is 1. The van der Waals surface area contributed by atoms with Crippen LogP contribution >= 0.6 is 23.5 Å². The fraction of sp³-hybridized carbons (Fsp3) is 0.240. The number of para-hydroxylation sites is 1. The van der Waals surface area contributed by atoms with Gasteiger partial charge in [-0.05, 0) is 61.5 Å². The fourth-order valence-electron chi connectivity index (χ4n) is 3.89. The maximum atomic E-state index is 13.5. The molecule has 1 aromatic heterocycles. The van der Waals surface area contributed by atoms with Crippen LogP contribution < -0.4 is 4.90 Å². The highest BCUT2D eigenvalue weighted by Crippen LogP contribution is 2.50. The summed E-state index contributed by atoms with van der Waals surface area (Å²) >= 11 is 3.17. The van der Waals surface area contributed by atoms with Gasteiger partial charge in [0.1, 0.15) is 9.93 Å². The minimum atomic E-state index is 0.0541. The highest BCUT2D eigenvalue weighted by molar-refractivity contribution is 8.19. The highest BCUT2D eigenvalue weighted by Gasteiger charge is 2.39. The van der Waals surface area contributed by atoms with E-state index < -0.39 is 0 Å². The predicted octanol–water partition coefficient (Wildman–Crippen LogP) is 6.40. The monoisotopic (exact) mass is 460 g/mol. The van der Waals surface area contributed by atoms with Gasteiger partial charge >= 0.3 is 0 Å². The summed E-state index contributed by atoms with van der Waals surface area (Å²) in [6, 6.07) is 18.3. The number of aromatic nitrogens is 1. The van der Waals surface area contributed by atoms with Crippen molar-refractivity contribution in [3.8, 4) is 0 Å². The molecule has 0 saturated carbocycles. The number of fused-ring (bicyclic) bond motifs is 2. The molecule has 162 valence electrons. The molecule has 0 unspecified atom stereocenters. The Morgan fingerprint density at radius 3 is 2.72 bits per heavy atom. The van der Waals surface area contributed by atoms with Crippen molar-refractivity contribution >= 4 is 56.9 Å². The number of benzene rings is 2. The van der Waals surface area contributed by atoms with Crippen molar-refractivity contribution < 1.29 is 4.79 Å². The molecule has 7 heteroatoms. The molecule has 32 heavy (non-hydrogen) atoms. The van der Waals surface area contributed by atoms with Crippen molar-refractivity contribution in [1.82, 2.24) is 9.88 Å². The van der Waals surface area contributed by atoms with E-state index in [0.29, 0.717) is 6.54 Å². The first-order valence-electron chi connectivity index (χ1n) is 10.9. The van der Waals surface area contributed by atoms with Crippen LogP contribution in [0.25, 0.3) is 10.9 Å². The van der Waals surface area contributed by atoms with E-state index >= 15 is 0 Å². The smallest absolute Gasteiger partial charge is 0.269 e. The van der Waals surface area contributed by atoms with Gasteiger partial charge in [-0.25, -0.2) is 4.99 Å². The molecule has 1 fully saturated rings. The second-order valence-electron chi connectivity index (χ2n) is 7.64. The third-order valence-electron chi connectivity index (χ3n) is 5.53. The van der Waals surface area contributed by atoms with Gasteiger partial charge in [0.05, 0.1) is 16.9 Å². The van der Waals surface area contributed by atoms with E-state index in [0.717, 1.165) is 51.1 Å². The maximum Gasteiger partial charge on any atom is 0.269 e. The largest absolute Gasteiger partial charge is 0.334 e. The summed E-state index contributed by atoms with van der Waals surface area (Å²) in [5.74, 6) is 0.0541. The first-order chi connectivity index (χ1) is 15.7. The molecule has 3 aromatic rings. The van der Waals surface area contributed by atoms with Crippen LogP contribution in [0.15, 0.2) is 80.6 Å². The van der Waals surface area contributed by atoms with Crippen molar-refractivity contribution in [2.75, 3.05) is 18.0 Å². The van der Waals surface area contributed by atoms with E-state index in [1.165, 1.54) is 22.3 Å². The lowest BCUT2D eigenvalue weighted by molar-refractivity contribution is -0.122. The van der Waals surface area contributed by atoms with E-state index in [-0.39, 0.29) is 5.91 Å². The Morgan fingerprint density at radius 2 is 1.88 bits per heavy atom. The van der Waals surface area contributed by atoms with Crippen LogP contribution in [0.5, 0.6) is 0 Å². The summed E-state index contributed by atoms with van der Waals surface area (Å²) in [7, 11) is 0. The first-order valence-corrected chi connectivity index (χ1v) is 12.5. The van der Waals surface area contributed by atoms with Gasteiger partial charge in [-0.3, -0.25) is 14.7 Å². The molecule has 0 radical (unpaired) electrons. The molecule has 3 heterocycles. The standard InChI is InChI=1S/C25H24N4OS2/c1-3-5-15-29-23(30)22(24-28(4-2)20-10-6-7-11-21(20)31-24)32-25(29)27-18-12-13-19-17(16-18)9-8-14-26-19/h6-14,16H,3-5,15H2,1-2H3. The Kier molecular flexibility index (Phi) is 5.93. The van der Waals surface area contributed by atoms with Gasteiger partial charge in [0, 0.05) is 29.6 Å². The van der Waals surface area contributed by atoms with Crippen LogP contribution in [0.1, 0.15) is 26.7 Å². The Bertz CT molecular complexity index is 1250. The average molecular weight is 461 g/mol. The molecule has 0 atom stereocenters. The summed E-state index contributed by atoms with van der Waals surface area (Å²) in [6.45, 7) is 5.76. The maximum absolute atomic E-state index is 13.5. The zero-order valence-corrected chi connectivity index (χ0v) is 19.7. The number of pyridine rings is 1. The van der Waals surface area contributed by atoms with E-state index in [1.807, 2.05) is 47.4 Å². The van der Waals surface area contributed by atoms with E-state index in [1.54, 1.807) is 18.0 Å². The van der Waals surface area contributed by atoms with Crippen molar-refractivity contribution in [3.05, 3.63) is 70.7 Å². The summed E-state index contributed by atoms with van der Waals surface area (Å²) in [6.07, 6.45) is 3.76. The number of carbonyl (C=O) groups excluding carboxylic acids is 1. The Hall–Kier alpha value is -2.77. The number of hydrogen-bond acceptors (Lipinski definition) is 6. The lowest BCUT2D eigenvalue weighted by Crippen LogP contribution is -2.30. The zero-order chi connectivity index (χ0) is 22.1. The summed E-state index contributed by atoms with van der Waals surface area (Å²) < 4.78 is 0. The topological polar surface area (TPSA) is 48.8 Å². The average Bonchev–Trinajstić information content (AvgIpc) is 3.34. The van der Waals surface area contributed by atoms with E-state index in [9.17, 15) is 4.79 Å². The summed E-state index contributed by atoms with van der Waals surface area (Å²) in [5.41, 5.74) is 2.95. The molecule has 1 saturated heterocycles. The Labute approximate surface area is 196 Å². The molecule has 0 spiro atoms. The molecular weight excluding hydrogens is 436 g/mol. The number of aliphatic imine (C=N–C) groups is 1. The second kappa shape index (κ2) is 9.00. The summed E-state index contributed by atoms with van der Waals surface area (Å²) in [5, 5.41) is 2.81. The van der Waals surface area contributed by atoms with Gasteiger partial charge in [-0.15, -0.1) is 0 Å². The highest BCUT2D eigenvalue weighted by atomic mass is 32.2. The molecule has 0 bridgehead atoms. The van der Waals surface area contributed by atoms with Crippen molar-refractivity contribution in [1.29, 1.82) is 0 Å². The van der Waals surface area contributed by atoms with Gasteiger partial charge < -0.3 is 4.90 Å². The quantitative estimate of drug-likeness (QED) is 0.412. The zero-order valence-electron chi connectivity index (χ0n) is 18.1. The fourth-order valence-corrected chi connectivity index (χ4v) is 6.31. The number of anilines is 1. The van der Waals surface area contributed by atoms with Gasteiger partial charge in [0.15, 0.2) is 5.17 Å². The van der Waals surface area contributed by atoms with Gasteiger partial charge in [-0.2, -0.15) is 0 Å². The molecular formula is C25H24N4OS2. The molecule has 5 nitrogen and oxygen atoms in total. The minimum Gasteiger partial charge on any atom is -0.334 e. The van der Waals surface area contributed by atoms with E-state index in [2.05, 4.69) is 35.9 Å². The third kappa shape index (κ3) is 3.80. The van der Waals surface area contributed by atoms with E-state index in [4.69, 9.17) is 4.99 Å². The lowest BCUT2D eigenvalue weighted by Gasteiger charge is -2.19. The first kappa shape index (κ1) is 21.1. The van der Waals surface area contributed by atoms with Crippen LogP contribution in [-0.4, -0.2) is 34.0 Å². The van der Waals surface area contributed by atoms with Gasteiger partial charge in [0.25, 0.3) is 5.91 Å². The SMILES string of the molecule is CCCCN1C(=O)C(=C2Sc3ccccc3N2CC)SC1=Nc1ccc2ncccc2c1. The number of carbonyl (C=O) groups is 1. The molecule has 2 aliphatic heterocycles.